The van der Waals surface area contributed by atoms with Crippen LogP contribution < -0.4 is 5.32 Å². The third-order valence-electron chi connectivity index (χ3n) is 5.89. The Kier molecular flexibility index (Phi) is 8.27. The molecule has 0 bridgehead atoms. The highest BCUT2D eigenvalue weighted by molar-refractivity contribution is 7.98. The van der Waals surface area contributed by atoms with Crippen LogP contribution in [0.15, 0.2) is 59.3 Å². The average Bonchev–Trinajstić information content (AvgIpc) is 3.56. The van der Waals surface area contributed by atoms with Crippen molar-refractivity contribution >= 4 is 40.6 Å². The molecule has 1 aliphatic heterocycles. The maximum Gasteiger partial charge on any atom is 0.270 e. The van der Waals surface area contributed by atoms with E-state index in [2.05, 4.69) is 30.4 Å². The van der Waals surface area contributed by atoms with Crippen molar-refractivity contribution in [2.45, 2.75) is 30.2 Å². The van der Waals surface area contributed by atoms with E-state index >= 15 is 0 Å². The summed E-state index contributed by atoms with van der Waals surface area (Å²) >= 11 is 9.26. The molecule has 36 heavy (non-hydrogen) atoms. The molecule has 0 spiro atoms. The Morgan fingerprint density at radius 3 is 2.83 bits per heavy atom. The van der Waals surface area contributed by atoms with Gasteiger partial charge in [0, 0.05) is 41.4 Å². The molecule has 3 aromatic heterocycles. The molecule has 1 saturated heterocycles. The molecular formula is C25H26ClN7OS2. The third kappa shape index (κ3) is 6.12. The average molecular weight is 540 g/mol. The number of likely N-dealkylation sites (tertiary alicyclic amines) is 1. The van der Waals surface area contributed by atoms with Crippen LogP contribution in [0.3, 0.4) is 0 Å². The molecule has 11 heteroatoms. The highest BCUT2D eigenvalue weighted by atomic mass is 35.5. The maximum absolute atomic E-state index is 12.6. The number of thioether (sulfide) groups is 1. The second-order valence-corrected chi connectivity index (χ2v) is 10.8. The molecule has 5 rings (SSSR count). The second kappa shape index (κ2) is 12.0. The Morgan fingerprint density at radius 2 is 2.03 bits per heavy atom. The van der Waals surface area contributed by atoms with Crippen molar-refractivity contribution in [2.75, 3.05) is 26.2 Å². The van der Waals surface area contributed by atoms with Crippen LogP contribution in [0.1, 0.15) is 34.8 Å². The predicted molar refractivity (Wildman–Crippen MR) is 144 cm³/mol. The van der Waals surface area contributed by atoms with Gasteiger partial charge in [-0.25, -0.2) is 4.98 Å². The SMILES string of the molecule is O=C(NCCN1CCCCC1)c1csc(CSc2nnc(-c3cccnc3)n2-c2cccc(Cl)c2)n1. The molecule has 0 saturated carbocycles. The van der Waals surface area contributed by atoms with Gasteiger partial charge in [-0.15, -0.1) is 21.5 Å². The van der Waals surface area contributed by atoms with Gasteiger partial charge < -0.3 is 10.2 Å². The first-order valence-electron chi connectivity index (χ1n) is 11.9. The lowest BCUT2D eigenvalue weighted by Crippen LogP contribution is -2.37. The van der Waals surface area contributed by atoms with Gasteiger partial charge in [-0.2, -0.15) is 0 Å². The quantitative estimate of drug-likeness (QED) is 0.301. The standard InChI is InChI=1S/C25H26ClN7OS2/c26-19-7-4-8-20(14-19)33-23(18-6-5-9-27-15-18)30-31-25(33)36-17-22-29-21(16-35-22)24(34)28-10-13-32-11-2-1-3-12-32/h4-9,14-16H,1-3,10-13,17H2,(H,28,34). The Morgan fingerprint density at radius 1 is 1.14 bits per heavy atom. The number of carbonyl (C=O) groups is 1. The van der Waals surface area contributed by atoms with Gasteiger partial charge in [-0.1, -0.05) is 35.9 Å². The summed E-state index contributed by atoms with van der Waals surface area (Å²) in [6.45, 7) is 3.77. The molecule has 0 atom stereocenters. The minimum Gasteiger partial charge on any atom is -0.349 e. The third-order valence-corrected chi connectivity index (χ3v) is 8.10. The first-order valence-corrected chi connectivity index (χ1v) is 14.1. The topological polar surface area (TPSA) is 88.8 Å². The van der Waals surface area contributed by atoms with E-state index in [0.717, 1.165) is 35.9 Å². The van der Waals surface area contributed by atoms with Crippen molar-refractivity contribution in [2.24, 2.45) is 0 Å². The molecule has 8 nitrogen and oxygen atoms in total. The number of nitrogens with zero attached hydrogens (tertiary/aromatic N) is 6. The van der Waals surface area contributed by atoms with Crippen molar-refractivity contribution in [3.8, 4) is 17.1 Å². The van der Waals surface area contributed by atoms with Crippen molar-refractivity contribution in [1.82, 2.24) is 34.9 Å². The number of hydrogen-bond donors (Lipinski definition) is 1. The molecule has 0 unspecified atom stereocenters. The van der Waals surface area contributed by atoms with E-state index in [-0.39, 0.29) is 5.91 Å². The number of rotatable bonds is 9. The maximum atomic E-state index is 12.6. The van der Waals surface area contributed by atoms with Gasteiger partial charge in [-0.05, 0) is 56.3 Å². The summed E-state index contributed by atoms with van der Waals surface area (Å²) in [7, 11) is 0. The van der Waals surface area contributed by atoms with Crippen LogP contribution in [0.2, 0.25) is 5.02 Å². The summed E-state index contributed by atoms with van der Waals surface area (Å²) < 4.78 is 1.97. The largest absolute Gasteiger partial charge is 0.349 e. The first kappa shape index (κ1) is 24.9. The zero-order chi connectivity index (χ0) is 24.7. The van der Waals surface area contributed by atoms with Crippen LogP contribution in [0, 0.1) is 0 Å². The minimum absolute atomic E-state index is 0.125. The van der Waals surface area contributed by atoms with E-state index in [1.807, 2.05) is 46.3 Å². The van der Waals surface area contributed by atoms with Crippen molar-refractivity contribution in [3.63, 3.8) is 0 Å². The summed E-state index contributed by atoms with van der Waals surface area (Å²) in [5, 5.41) is 15.9. The number of carbonyl (C=O) groups excluding carboxylic acids is 1. The number of piperidine rings is 1. The van der Waals surface area contributed by atoms with Gasteiger partial charge >= 0.3 is 0 Å². The normalized spacial score (nSPS) is 14.1. The van der Waals surface area contributed by atoms with E-state index in [4.69, 9.17) is 11.6 Å². The lowest BCUT2D eigenvalue weighted by molar-refractivity contribution is 0.0942. The van der Waals surface area contributed by atoms with Crippen molar-refractivity contribution < 1.29 is 4.79 Å². The molecule has 0 aliphatic carbocycles. The van der Waals surface area contributed by atoms with Crippen LogP contribution in [0.25, 0.3) is 17.1 Å². The molecule has 4 heterocycles. The monoisotopic (exact) mass is 539 g/mol. The molecule has 4 aromatic rings. The van der Waals surface area contributed by atoms with Gasteiger partial charge in [0.15, 0.2) is 11.0 Å². The molecule has 1 N–H and O–H groups in total. The van der Waals surface area contributed by atoms with Crippen LogP contribution in [0.5, 0.6) is 0 Å². The van der Waals surface area contributed by atoms with Gasteiger partial charge in [0.1, 0.15) is 10.7 Å². The number of benzene rings is 1. The molecule has 1 aromatic carbocycles. The lowest BCUT2D eigenvalue weighted by atomic mass is 10.1. The number of amides is 1. The Hall–Kier alpha value is -2.79. The van der Waals surface area contributed by atoms with Gasteiger partial charge in [0.25, 0.3) is 5.91 Å². The van der Waals surface area contributed by atoms with Gasteiger partial charge in [0.2, 0.25) is 0 Å². The lowest BCUT2D eigenvalue weighted by Gasteiger charge is -2.26. The van der Waals surface area contributed by atoms with E-state index < -0.39 is 0 Å². The number of hydrogen-bond acceptors (Lipinski definition) is 8. The fraction of sp³-hybridized carbons (Fsp3) is 0.320. The summed E-state index contributed by atoms with van der Waals surface area (Å²) in [6, 6.07) is 11.4. The predicted octanol–water partition coefficient (Wildman–Crippen LogP) is 4.95. The Labute approximate surface area is 223 Å². The fourth-order valence-electron chi connectivity index (χ4n) is 4.10. The highest BCUT2D eigenvalue weighted by Gasteiger charge is 2.18. The Balaban J connectivity index is 1.26. The molecular weight excluding hydrogens is 514 g/mol. The van der Waals surface area contributed by atoms with E-state index in [1.165, 1.54) is 42.4 Å². The summed E-state index contributed by atoms with van der Waals surface area (Å²) in [6.07, 6.45) is 7.29. The second-order valence-electron chi connectivity index (χ2n) is 8.44. The van der Waals surface area contributed by atoms with Crippen LogP contribution in [-0.2, 0) is 5.75 Å². The number of pyridine rings is 1. The van der Waals surface area contributed by atoms with E-state index in [9.17, 15) is 4.79 Å². The van der Waals surface area contributed by atoms with Gasteiger partial charge in [0.05, 0.1) is 11.4 Å². The number of halogens is 1. The summed E-state index contributed by atoms with van der Waals surface area (Å²) in [5.74, 6) is 1.12. The molecule has 1 aliphatic rings. The van der Waals surface area contributed by atoms with Gasteiger partial charge in [-0.3, -0.25) is 14.3 Å². The van der Waals surface area contributed by atoms with Crippen LogP contribution >= 0.6 is 34.7 Å². The smallest absolute Gasteiger partial charge is 0.270 e. The fourth-order valence-corrected chi connectivity index (χ4v) is 6.03. The molecule has 1 fully saturated rings. The van der Waals surface area contributed by atoms with Crippen molar-refractivity contribution in [1.29, 1.82) is 0 Å². The van der Waals surface area contributed by atoms with Crippen LogP contribution in [0.4, 0.5) is 0 Å². The molecule has 0 radical (unpaired) electrons. The highest BCUT2D eigenvalue weighted by Crippen LogP contribution is 2.31. The van der Waals surface area contributed by atoms with Crippen LogP contribution in [-0.4, -0.2) is 61.7 Å². The summed E-state index contributed by atoms with van der Waals surface area (Å²) in [5.41, 5.74) is 2.18. The van der Waals surface area contributed by atoms with E-state index in [0.29, 0.717) is 34.0 Å². The number of thiazole rings is 1. The van der Waals surface area contributed by atoms with Crippen molar-refractivity contribution in [3.05, 3.63) is 69.9 Å². The molecule has 186 valence electrons. The zero-order valence-electron chi connectivity index (χ0n) is 19.6. The number of aromatic nitrogens is 5. The minimum atomic E-state index is -0.125. The molecule has 1 amide bonds. The number of nitrogens with one attached hydrogen (secondary N) is 1. The van der Waals surface area contributed by atoms with E-state index in [1.54, 1.807) is 12.4 Å². The Bertz CT molecular complexity index is 1300. The zero-order valence-corrected chi connectivity index (χ0v) is 22.0. The first-order chi connectivity index (χ1) is 17.7. The summed E-state index contributed by atoms with van der Waals surface area (Å²) in [4.78, 5) is 23.7.